The van der Waals surface area contributed by atoms with Gasteiger partial charge < -0.3 is 9.84 Å². The van der Waals surface area contributed by atoms with Gasteiger partial charge >= 0.3 is 0 Å². The van der Waals surface area contributed by atoms with Crippen LogP contribution >= 0.6 is 27.3 Å². The number of rotatable bonds is 2. The Bertz CT molecular complexity index is 574. The summed E-state index contributed by atoms with van der Waals surface area (Å²) in [7, 11) is 0. The van der Waals surface area contributed by atoms with Crippen LogP contribution in [0.5, 0.6) is 5.75 Å². The lowest BCUT2D eigenvalue weighted by molar-refractivity contribution is 0.120. The van der Waals surface area contributed by atoms with Crippen LogP contribution in [-0.4, -0.2) is 11.7 Å². The van der Waals surface area contributed by atoms with E-state index in [1.165, 1.54) is 4.88 Å². The Morgan fingerprint density at radius 2 is 2.21 bits per heavy atom. The summed E-state index contributed by atoms with van der Waals surface area (Å²) in [4.78, 5) is 2.22. The maximum absolute atomic E-state index is 10.7. The number of hydrogen-bond donors (Lipinski definition) is 1. The van der Waals surface area contributed by atoms with Crippen molar-refractivity contribution in [2.45, 2.75) is 25.4 Å². The summed E-state index contributed by atoms with van der Waals surface area (Å²) < 4.78 is 6.73. The van der Waals surface area contributed by atoms with Gasteiger partial charge in [-0.05, 0) is 41.4 Å². The van der Waals surface area contributed by atoms with E-state index in [0.717, 1.165) is 27.1 Å². The number of ether oxygens (including phenoxy) is 1. The minimum absolute atomic E-state index is 0.120. The van der Waals surface area contributed by atoms with Crippen molar-refractivity contribution in [1.82, 2.24) is 0 Å². The van der Waals surface area contributed by atoms with E-state index in [9.17, 15) is 5.11 Å². The number of aliphatic hydroxyl groups excluding tert-OH is 1. The van der Waals surface area contributed by atoms with Crippen molar-refractivity contribution >= 4 is 27.3 Å². The Morgan fingerprint density at radius 1 is 1.42 bits per heavy atom. The third kappa shape index (κ3) is 2.45. The van der Waals surface area contributed by atoms with Gasteiger partial charge in [-0.3, -0.25) is 0 Å². The molecule has 0 aliphatic carbocycles. The number of aliphatic hydroxyl groups is 1. The van der Waals surface area contributed by atoms with Crippen LogP contribution in [0.25, 0.3) is 0 Å². The number of para-hydroxylation sites is 1. The number of halogens is 1. The molecule has 1 aliphatic rings. The number of fused-ring (bicyclic) bond motifs is 1. The Kier molecular flexibility index (Phi) is 3.65. The second-order valence-electron chi connectivity index (χ2n) is 4.78. The number of benzene rings is 1. The van der Waals surface area contributed by atoms with Gasteiger partial charge in [-0.25, -0.2) is 0 Å². The van der Waals surface area contributed by atoms with Gasteiger partial charge in [0.25, 0.3) is 0 Å². The molecule has 19 heavy (non-hydrogen) atoms. The fourth-order valence-corrected chi connectivity index (χ4v) is 4.14. The molecule has 2 heterocycles. The Labute approximate surface area is 125 Å². The quantitative estimate of drug-likeness (QED) is 0.878. The number of thiophene rings is 1. The van der Waals surface area contributed by atoms with Gasteiger partial charge in [-0.15, -0.1) is 11.3 Å². The highest BCUT2D eigenvalue weighted by Crippen LogP contribution is 2.43. The number of hydrogen-bond acceptors (Lipinski definition) is 3. The van der Waals surface area contributed by atoms with Crippen LogP contribution in [0.1, 0.15) is 33.8 Å². The Morgan fingerprint density at radius 3 is 2.95 bits per heavy atom. The van der Waals surface area contributed by atoms with Crippen LogP contribution in [0, 0.1) is 6.92 Å². The highest BCUT2D eigenvalue weighted by atomic mass is 79.9. The minimum Gasteiger partial charge on any atom is -0.493 e. The molecule has 2 nitrogen and oxygen atoms in total. The third-order valence-electron chi connectivity index (χ3n) is 3.55. The second-order valence-corrected chi connectivity index (χ2v) is 6.92. The molecule has 0 bridgehead atoms. The molecule has 0 saturated carbocycles. The molecule has 100 valence electrons. The minimum atomic E-state index is -0.458. The van der Waals surface area contributed by atoms with Gasteiger partial charge in [0.15, 0.2) is 0 Å². The zero-order valence-electron chi connectivity index (χ0n) is 10.6. The lowest BCUT2D eigenvalue weighted by Crippen LogP contribution is -2.19. The van der Waals surface area contributed by atoms with Crippen molar-refractivity contribution in [2.24, 2.45) is 0 Å². The van der Waals surface area contributed by atoms with Crippen LogP contribution < -0.4 is 4.74 Å². The van der Waals surface area contributed by atoms with E-state index in [1.807, 2.05) is 24.3 Å². The summed E-state index contributed by atoms with van der Waals surface area (Å²) in [5.41, 5.74) is 1.11. The molecule has 0 saturated heterocycles. The van der Waals surface area contributed by atoms with Gasteiger partial charge in [0, 0.05) is 25.7 Å². The molecule has 0 spiro atoms. The van der Waals surface area contributed by atoms with Crippen LogP contribution in [-0.2, 0) is 0 Å². The fourth-order valence-electron chi connectivity index (χ4n) is 2.52. The third-order valence-corrected chi connectivity index (χ3v) is 5.76. The van der Waals surface area contributed by atoms with E-state index in [0.29, 0.717) is 6.61 Å². The van der Waals surface area contributed by atoms with Crippen LogP contribution in [0.15, 0.2) is 34.8 Å². The molecule has 1 aromatic carbocycles. The van der Waals surface area contributed by atoms with Crippen molar-refractivity contribution in [3.8, 4) is 5.75 Å². The van der Waals surface area contributed by atoms with Gasteiger partial charge in [0.1, 0.15) is 5.75 Å². The maximum atomic E-state index is 10.7. The van der Waals surface area contributed by atoms with Crippen molar-refractivity contribution in [3.63, 3.8) is 0 Å². The first kappa shape index (κ1) is 13.2. The summed E-state index contributed by atoms with van der Waals surface area (Å²) in [6.45, 7) is 2.73. The van der Waals surface area contributed by atoms with Crippen molar-refractivity contribution in [1.29, 1.82) is 0 Å². The first-order valence-corrected chi connectivity index (χ1v) is 7.93. The molecular formula is C15H15BrO2S. The fraction of sp³-hybridized carbons (Fsp3) is 0.333. The molecule has 0 amide bonds. The van der Waals surface area contributed by atoms with Gasteiger partial charge in [-0.2, -0.15) is 0 Å². The van der Waals surface area contributed by atoms with E-state index in [4.69, 9.17) is 4.74 Å². The van der Waals surface area contributed by atoms with E-state index >= 15 is 0 Å². The van der Waals surface area contributed by atoms with Crippen molar-refractivity contribution in [2.75, 3.05) is 6.61 Å². The van der Waals surface area contributed by atoms with Gasteiger partial charge in [0.2, 0.25) is 0 Å². The van der Waals surface area contributed by atoms with Gasteiger partial charge in [-0.1, -0.05) is 18.2 Å². The standard InChI is InChI=1S/C15H15BrO2S/c1-9-12(16)8-14(19-9)15(17)11-6-7-18-13-5-3-2-4-10(11)13/h2-5,8,11,15,17H,6-7H2,1H3. The highest BCUT2D eigenvalue weighted by Gasteiger charge is 2.29. The number of aryl methyl sites for hydroxylation is 1. The molecule has 2 unspecified atom stereocenters. The first-order valence-electron chi connectivity index (χ1n) is 6.32. The lowest BCUT2D eigenvalue weighted by Gasteiger charge is -2.29. The summed E-state index contributed by atoms with van der Waals surface area (Å²) in [5, 5.41) is 10.7. The molecular weight excluding hydrogens is 324 g/mol. The zero-order valence-corrected chi connectivity index (χ0v) is 13.0. The molecule has 1 aromatic heterocycles. The normalized spacial score (nSPS) is 19.6. The molecule has 1 N–H and O–H groups in total. The van der Waals surface area contributed by atoms with Crippen molar-refractivity contribution in [3.05, 3.63) is 50.1 Å². The monoisotopic (exact) mass is 338 g/mol. The maximum Gasteiger partial charge on any atom is 0.122 e. The predicted molar refractivity (Wildman–Crippen MR) is 81.0 cm³/mol. The highest BCUT2D eigenvalue weighted by molar-refractivity contribution is 9.10. The summed E-state index contributed by atoms with van der Waals surface area (Å²) >= 11 is 5.17. The average Bonchev–Trinajstić information content (AvgIpc) is 2.77. The van der Waals surface area contributed by atoms with Crippen LogP contribution in [0.4, 0.5) is 0 Å². The smallest absolute Gasteiger partial charge is 0.122 e. The summed E-state index contributed by atoms with van der Waals surface area (Å²) in [6, 6.07) is 10.0. The Balaban J connectivity index is 1.95. The second kappa shape index (κ2) is 5.27. The average molecular weight is 339 g/mol. The molecule has 2 atom stereocenters. The lowest BCUT2D eigenvalue weighted by atomic mass is 9.87. The SMILES string of the molecule is Cc1sc(C(O)C2CCOc3ccccc32)cc1Br. The molecule has 4 heteroatoms. The van der Waals surface area contributed by atoms with Crippen LogP contribution in [0.2, 0.25) is 0 Å². The summed E-state index contributed by atoms with van der Waals surface area (Å²) in [5.74, 6) is 1.03. The van der Waals surface area contributed by atoms with Gasteiger partial charge in [0.05, 0.1) is 12.7 Å². The topological polar surface area (TPSA) is 29.5 Å². The molecule has 1 aliphatic heterocycles. The summed E-state index contributed by atoms with van der Waals surface area (Å²) in [6.07, 6.45) is 0.396. The zero-order chi connectivity index (χ0) is 13.4. The molecule has 3 rings (SSSR count). The van der Waals surface area contributed by atoms with E-state index < -0.39 is 6.10 Å². The molecule has 2 aromatic rings. The van der Waals surface area contributed by atoms with E-state index in [-0.39, 0.29) is 5.92 Å². The molecule has 0 radical (unpaired) electrons. The van der Waals surface area contributed by atoms with E-state index in [2.05, 4.69) is 28.9 Å². The largest absolute Gasteiger partial charge is 0.493 e. The first-order chi connectivity index (χ1) is 9.16. The Hall–Kier alpha value is -0.840. The predicted octanol–water partition coefficient (Wildman–Crippen LogP) is 4.42. The van der Waals surface area contributed by atoms with Crippen molar-refractivity contribution < 1.29 is 9.84 Å². The van der Waals surface area contributed by atoms with E-state index in [1.54, 1.807) is 11.3 Å². The van der Waals surface area contributed by atoms with Crippen LogP contribution in [0.3, 0.4) is 0 Å². The molecule has 0 fully saturated rings.